The Bertz CT molecular complexity index is 366. The van der Waals surface area contributed by atoms with Gasteiger partial charge < -0.3 is 5.73 Å². The van der Waals surface area contributed by atoms with Gasteiger partial charge in [-0.15, -0.1) is 0 Å². The normalized spacial score (nSPS) is 23.6. The molecule has 0 saturated heterocycles. The van der Waals surface area contributed by atoms with E-state index in [0.717, 1.165) is 6.54 Å². The fourth-order valence-electron chi connectivity index (χ4n) is 2.95. The maximum atomic E-state index is 5.87. The first-order chi connectivity index (χ1) is 7.07. The molecule has 1 aliphatic carbocycles. The standard InChI is InChI=1S/C14H21N/c1-10-5-4-6-13-12(10)8-7-11(9-15)14(13,2)3/h4-6,11H,7-9,15H2,1-3H3. The van der Waals surface area contributed by atoms with Crippen molar-refractivity contribution in [3.05, 3.63) is 34.9 Å². The van der Waals surface area contributed by atoms with Gasteiger partial charge >= 0.3 is 0 Å². The maximum absolute atomic E-state index is 5.87. The number of rotatable bonds is 1. The van der Waals surface area contributed by atoms with Gasteiger partial charge in [-0.05, 0) is 54.3 Å². The lowest BCUT2D eigenvalue weighted by Gasteiger charge is -2.40. The Balaban J connectivity index is 2.52. The van der Waals surface area contributed by atoms with Crippen LogP contribution >= 0.6 is 0 Å². The Morgan fingerprint density at radius 2 is 2.13 bits per heavy atom. The van der Waals surface area contributed by atoms with Gasteiger partial charge in [-0.1, -0.05) is 32.0 Å². The van der Waals surface area contributed by atoms with Gasteiger partial charge in [-0.2, -0.15) is 0 Å². The van der Waals surface area contributed by atoms with Crippen LogP contribution < -0.4 is 5.73 Å². The Morgan fingerprint density at radius 3 is 2.80 bits per heavy atom. The summed E-state index contributed by atoms with van der Waals surface area (Å²) in [6.07, 6.45) is 2.44. The number of nitrogens with two attached hydrogens (primary N) is 1. The lowest BCUT2D eigenvalue weighted by Crippen LogP contribution is -2.38. The van der Waals surface area contributed by atoms with E-state index < -0.39 is 0 Å². The molecule has 0 amide bonds. The van der Waals surface area contributed by atoms with Crippen LogP contribution in [0.5, 0.6) is 0 Å². The molecule has 1 atom stereocenters. The molecule has 15 heavy (non-hydrogen) atoms. The van der Waals surface area contributed by atoms with E-state index in [4.69, 9.17) is 5.73 Å². The molecule has 82 valence electrons. The predicted octanol–water partition coefficient (Wildman–Crippen LogP) is 2.79. The number of benzene rings is 1. The molecule has 1 heteroatoms. The molecule has 0 heterocycles. The Kier molecular flexibility index (Phi) is 2.59. The molecule has 1 nitrogen and oxygen atoms in total. The van der Waals surface area contributed by atoms with E-state index in [-0.39, 0.29) is 5.41 Å². The zero-order chi connectivity index (χ0) is 11.1. The lowest BCUT2D eigenvalue weighted by molar-refractivity contribution is 0.285. The second-order valence-corrected chi connectivity index (χ2v) is 5.29. The van der Waals surface area contributed by atoms with Crippen LogP contribution in [0.2, 0.25) is 0 Å². The average Bonchev–Trinajstić information content (AvgIpc) is 2.19. The van der Waals surface area contributed by atoms with Gasteiger partial charge in [0.05, 0.1) is 0 Å². The molecular weight excluding hydrogens is 182 g/mol. The summed E-state index contributed by atoms with van der Waals surface area (Å²) in [6, 6.07) is 6.68. The van der Waals surface area contributed by atoms with Crippen LogP contribution in [0, 0.1) is 12.8 Å². The molecule has 0 saturated carbocycles. The number of aryl methyl sites for hydroxylation is 1. The molecule has 0 aliphatic heterocycles. The van der Waals surface area contributed by atoms with Crippen molar-refractivity contribution >= 4 is 0 Å². The molecule has 0 fully saturated rings. The molecule has 0 spiro atoms. The van der Waals surface area contributed by atoms with Gasteiger partial charge in [-0.25, -0.2) is 0 Å². The van der Waals surface area contributed by atoms with Crippen molar-refractivity contribution in [1.82, 2.24) is 0 Å². The number of hydrogen-bond donors (Lipinski definition) is 1. The minimum atomic E-state index is 0.244. The minimum absolute atomic E-state index is 0.244. The largest absolute Gasteiger partial charge is 0.330 e. The van der Waals surface area contributed by atoms with Crippen LogP contribution in [0.4, 0.5) is 0 Å². The van der Waals surface area contributed by atoms with E-state index >= 15 is 0 Å². The molecule has 1 aliphatic rings. The second kappa shape index (κ2) is 3.64. The van der Waals surface area contributed by atoms with E-state index in [0.29, 0.717) is 5.92 Å². The zero-order valence-electron chi connectivity index (χ0n) is 10.0. The topological polar surface area (TPSA) is 26.0 Å². The monoisotopic (exact) mass is 203 g/mol. The highest BCUT2D eigenvalue weighted by Gasteiger charge is 2.35. The zero-order valence-corrected chi connectivity index (χ0v) is 10.0. The molecule has 1 aromatic carbocycles. The van der Waals surface area contributed by atoms with Crippen molar-refractivity contribution in [1.29, 1.82) is 0 Å². The molecule has 0 radical (unpaired) electrons. The molecule has 1 aromatic rings. The van der Waals surface area contributed by atoms with Gasteiger partial charge in [-0.3, -0.25) is 0 Å². The first-order valence-electron chi connectivity index (χ1n) is 5.86. The van der Waals surface area contributed by atoms with Crippen LogP contribution in [-0.4, -0.2) is 6.54 Å². The molecule has 0 bridgehead atoms. The molecule has 2 rings (SSSR count). The highest BCUT2D eigenvalue weighted by atomic mass is 14.6. The molecule has 0 aromatic heterocycles. The predicted molar refractivity (Wildman–Crippen MR) is 65.1 cm³/mol. The highest BCUT2D eigenvalue weighted by molar-refractivity contribution is 5.41. The highest BCUT2D eigenvalue weighted by Crippen LogP contribution is 2.41. The third kappa shape index (κ3) is 1.59. The summed E-state index contributed by atoms with van der Waals surface area (Å²) < 4.78 is 0. The number of hydrogen-bond acceptors (Lipinski definition) is 1. The molecular formula is C14H21N. The lowest BCUT2D eigenvalue weighted by atomic mass is 9.65. The first kappa shape index (κ1) is 10.7. The molecule has 1 unspecified atom stereocenters. The van der Waals surface area contributed by atoms with Gasteiger partial charge in [0.2, 0.25) is 0 Å². The second-order valence-electron chi connectivity index (χ2n) is 5.29. The van der Waals surface area contributed by atoms with Crippen molar-refractivity contribution in [2.24, 2.45) is 11.7 Å². The van der Waals surface area contributed by atoms with Gasteiger partial charge in [0.1, 0.15) is 0 Å². The fourth-order valence-corrected chi connectivity index (χ4v) is 2.95. The Morgan fingerprint density at radius 1 is 1.40 bits per heavy atom. The van der Waals surface area contributed by atoms with Crippen molar-refractivity contribution in [3.63, 3.8) is 0 Å². The Labute approximate surface area is 92.7 Å². The molecule has 2 N–H and O–H groups in total. The summed E-state index contributed by atoms with van der Waals surface area (Å²) in [5.74, 6) is 0.631. The average molecular weight is 203 g/mol. The van der Waals surface area contributed by atoms with Gasteiger partial charge in [0.25, 0.3) is 0 Å². The van der Waals surface area contributed by atoms with Crippen molar-refractivity contribution < 1.29 is 0 Å². The van der Waals surface area contributed by atoms with Gasteiger partial charge in [0.15, 0.2) is 0 Å². The van der Waals surface area contributed by atoms with Crippen LogP contribution in [-0.2, 0) is 11.8 Å². The van der Waals surface area contributed by atoms with Crippen LogP contribution in [0.3, 0.4) is 0 Å². The number of fused-ring (bicyclic) bond motifs is 1. The van der Waals surface area contributed by atoms with Crippen LogP contribution in [0.1, 0.15) is 37.0 Å². The summed E-state index contributed by atoms with van der Waals surface area (Å²) in [4.78, 5) is 0. The van der Waals surface area contributed by atoms with E-state index in [1.165, 1.54) is 24.0 Å². The van der Waals surface area contributed by atoms with E-state index in [2.05, 4.69) is 39.0 Å². The quantitative estimate of drug-likeness (QED) is 0.746. The Hall–Kier alpha value is -0.820. The van der Waals surface area contributed by atoms with E-state index in [1.807, 2.05) is 0 Å². The SMILES string of the molecule is Cc1cccc2c1CCC(CN)C2(C)C. The van der Waals surface area contributed by atoms with Crippen LogP contribution in [0.15, 0.2) is 18.2 Å². The third-order valence-corrected chi connectivity index (χ3v) is 4.15. The summed E-state index contributed by atoms with van der Waals surface area (Å²) in [7, 11) is 0. The summed E-state index contributed by atoms with van der Waals surface area (Å²) in [6.45, 7) is 7.70. The van der Waals surface area contributed by atoms with E-state index in [9.17, 15) is 0 Å². The summed E-state index contributed by atoms with van der Waals surface area (Å²) >= 11 is 0. The summed E-state index contributed by atoms with van der Waals surface area (Å²) in [5, 5.41) is 0. The van der Waals surface area contributed by atoms with Crippen LogP contribution in [0.25, 0.3) is 0 Å². The van der Waals surface area contributed by atoms with Crippen molar-refractivity contribution in [2.75, 3.05) is 6.54 Å². The fraction of sp³-hybridized carbons (Fsp3) is 0.571. The minimum Gasteiger partial charge on any atom is -0.330 e. The first-order valence-corrected chi connectivity index (χ1v) is 5.86. The van der Waals surface area contributed by atoms with Gasteiger partial charge in [0, 0.05) is 0 Å². The van der Waals surface area contributed by atoms with Crippen molar-refractivity contribution in [3.8, 4) is 0 Å². The third-order valence-electron chi connectivity index (χ3n) is 4.15. The van der Waals surface area contributed by atoms with Crippen molar-refractivity contribution in [2.45, 2.75) is 39.0 Å². The maximum Gasteiger partial charge on any atom is -0.00404 e. The van der Waals surface area contributed by atoms with E-state index in [1.54, 1.807) is 5.56 Å². The smallest absolute Gasteiger partial charge is 0.00404 e. The summed E-state index contributed by atoms with van der Waals surface area (Å²) in [5.41, 5.74) is 10.6.